The van der Waals surface area contributed by atoms with Gasteiger partial charge in [0.1, 0.15) is 0 Å². The zero-order valence-electron chi connectivity index (χ0n) is 10.9. The third kappa shape index (κ3) is 3.41. The summed E-state index contributed by atoms with van der Waals surface area (Å²) in [5, 5.41) is 0.966. The number of benzene rings is 1. The minimum Gasteiger partial charge on any atom is -0.338 e. The van der Waals surface area contributed by atoms with Crippen LogP contribution in [0.4, 0.5) is 0 Å². The van der Waals surface area contributed by atoms with Crippen LogP contribution in [0, 0.1) is 5.92 Å². The van der Waals surface area contributed by atoms with Gasteiger partial charge in [0.15, 0.2) is 0 Å². The molecule has 1 aliphatic rings. The van der Waals surface area contributed by atoms with Gasteiger partial charge in [0, 0.05) is 34.7 Å². The molecule has 104 valence electrons. The number of nitrogens with zero attached hydrogens (tertiary/aromatic N) is 1. The van der Waals surface area contributed by atoms with Crippen LogP contribution in [0.3, 0.4) is 0 Å². The zero-order valence-corrected chi connectivity index (χ0v) is 12.4. The van der Waals surface area contributed by atoms with E-state index in [0.29, 0.717) is 34.6 Å². The topological polar surface area (TPSA) is 46.3 Å². The average molecular weight is 301 g/mol. The molecule has 1 fully saturated rings. The van der Waals surface area contributed by atoms with Crippen LogP contribution in [0.5, 0.6) is 0 Å². The third-order valence-corrected chi connectivity index (χ3v) is 4.15. The van der Waals surface area contributed by atoms with E-state index < -0.39 is 0 Å². The van der Waals surface area contributed by atoms with Gasteiger partial charge < -0.3 is 10.6 Å². The number of likely N-dealkylation sites (tertiary alicyclic amines) is 1. The fourth-order valence-corrected chi connectivity index (χ4v) is 3.05. The molecule has 0 saturated carbocycles. The van der Waals surface area contributed by atoms with Crippen molar-refractivity contribution in [2.45, 2.75) is 25.8 Å². The largest absolute Gasteiger partial charge is 0.338 e. The molecular weight excluding hydrogens is 283 g/mol. The summed E-state index contributed by atoms with van der Waals surface area (Å²) in [4.78, 5) is 14.3. The van der Waals surface area contributed by atoms with Crippen LogP contribution >= 0.6 is 23.2 Å². The van der Waals surface area contributed by atoms with Gasteiger partial charge in [-0.05, 0) is 30.5 Å². The van der Waals surface area contributed by atoms with E-state index in [1.807, 2.05) is 4.90 Å². The van der Waals surface area contributed by atoms with E-state index in [9.17, 15) is 4.79 Å². The summed E-state index contributed by atoms with van der Waals surface area (Å²) in [6.07, 6.45) is 1.83. The molecular formula is C14H18Cl2N2O. The number of piperidine rings is 1. The Balaban J connectivity index is 2.15. The first kappa shape index (κ1) is 14.6. The Morgan fingerprint density at radius 1 is 1.37 bits per heavy atom. The molecule has 2 N–H and O–H groups in total. The molecule has 1 aromatic rings. The van der Waals surface area contributed by atoms with Gasteiger partial charge in [0.05, 0.1) is 0 Å². The van der Waals surface area contributed by atoms with Crippen molar-refractivity contribution in [1.82, 2.24) is 4.90 Å². The van der Waals surface area contributed by atoms with Crippen molar-refractivity contribution >= 4 is 29.1 Å². The van der Waals surface area contributed by atoms with Crippen LogP contribution < -0.4 is 5.73 Å². The first-order valence-electron chi connectivity index (χ1n) is 6.52. The quantitative estimate of drug-likeness (QED) is 0.912. The van der Waals surface area contributed by atoms with E-state index in [0.717, 1.165) is 12.8 Å². The van der Waals surface area contributed by atoms with Gasteiger partial charge in [0.25, 0.3) is 5.91 Å². The molecule has 3 nitrogen and oxygen atoms in total. The van der Waals surface area contributed by atoms with Crippen LogP contribution in [-0.2, 0) is 0 Å². The molecule has 0 spiro atoms. The number of hydrogen-bond acceptors (Lipinski definition) is 2. The molecule has 19 heavy (non-hydrogen) atoms. The second kappa shape index (κ2) is 6.12. The highest BCUT2D eigenvalue weighted by Crippen LogP contribution is 2.23. The molecule has 2 rings (SSSR count). The Morgan fingerprint density at radius 2 is 2.00 bits per heavy atom. The van der Waals surface area contributed by atoms with Crippen molar-refractivity contribution in [3.63, 3.8) is 0 Å². The van der Waals surface area contributed by atoms with Crippen molar-refractivity contribution in [3.8, 4) is 0 Å². The third-order valence-electron chi connectivity index (χ3n) is 3.71. The van der Waals surface area contributed by atoms with Gasteiger partial charge >= 0.3 is 0 Å². The van der Waals surface area contributed by atoms with E-state index in [1.54, 1.807) is 18.2 Å². The number of halogens is 2. The molecule has 1 saturated heterocycles. The zero-order chi connectivity index (χ0) is 14.0. The van der Waals surface area contributed by atoms with Gasteiger partial charge in [-0.1, -0.05) is 36.5 Å². The first-order chi connectivity index (χ1) is 9.01. The van der Waals surface area contributed by atoms with E-state index in [4.69, 9.17) is 28.9 Å². The number of carbonyl (C=O) groups is 1. The van der Waals surface area contributed by atoms with Crippen molar-refractivity contribution in [2.75, 3.05) is 13.1 Å². The lowest BCUT2D eigenvalue weighted by molar-refractivity contribution is 0.0649. The van der Waals surface area contributed by atoms with Crippen LogP contribution in [0.2, 0.25) is 10.0 Å². The van der Waals surface area contributed by atoms with E-state index in [2.05, 4.69) is 6.92 Å². The molecule has 2 unspecified atom stereocenters. The Hall–Kier alpha value is -0.770. The minimum absolute atomic E-state index is 0.0187. The fourth-order valence-electron chi connectivity index (χ4n) is 2.53. The van der Waals surface area contributed by atoms with Gasteiger partial charge in [-0.15, -0.1) is 0 Å². The smallest absolute Gasteiger partial charge is 0.253 e. The van der Waals surface area contributed by atoms with Crippen molar-refractivity contribution in [2.24, 2.45) is 11.7 Å². The van der Waals surface area contributed by atoms with E-state index in [1.165, 1.54) is 0 Å². The lowest BCUT2D eigenvalue weighted by Gasteiger charge is -2.36. The maximum absolute atomic E-state index is 12.4. The van der Waals surface area contributed by atoms with Gasteiger partial charge in [-0.3, -0.25) is 4.79 Å². The normalized spacial score (nSPS) is 23.5. The summed E-state index contributed by atoms with van der Waals surface area (Å²) >= 11 is 11.9. The van der Waals surface area contributed by atoms with Gasteiger partial charge in [-0.25, -0.2) is 0 Å². The Kier molecular flexibility index (Phi) is 4.71. The Bertz CT molecular complexity index is 458. The average Bonchev–Trinajstić information content (AvgIpc) is 2.37. The summed E-state index contributed by atoms with van der Waals surface area (Å²) < 4.78 is 0. The van der Waals surface area contributed by atoms with Gasteiger partial charge in [-0.2, -0.15) is 0 Å². The highest BCUT2D eigenvalue weighted by Gasteiger charge is 2.28. The molecule has 1 amide bonds. The lowest BCUT2D eigenvalue weighted by Crippen LogP contribution is -2.49. The maximum atomic E-state index is 12.4. The highest BCUT2D eigenvalue weighted by atomic mass is 35.5. The van der Waals surface area contributed by atoms with E-state index in [-0.39, 0.29) is 11.9 Å². The molecule has 0 bridgehead atoms. The number of hydrogen-bond donors (Lipinski definition) is 1. The van der Waals surface area contributed by atoms with Crippen molar-refractivity contribution in [1.29, 1.82) is 0 Å². The van der Waals surface area contributed by atoms with Gasteiger partial charge in [0.2, 0.25) is 0 Å². The maximum Gasteiger partial charge on any atom is 0.253 e. The summed E-state index contributed by atoms with van der Waals surface area (Å²) in [6, 6.07) is 5.13. The van der Waals surface area contributed by atoms with Crippen molar-refractivity contribution in [3.05, 3.63) is 33.8 Å². The summed E-state index contributed by atoms with van der Waals surface area (Å²) in [7, 11) is 0. The summed E-state index contributed by atoms with van der Waals surface area (Å²) in [6.45, 7) is 3.51. The summed E-state index contributed by atoms with van der Waals surface area (Å²) in [5.41, 5.74) is 6.60. The molecule has 1 aromatic carbocycles. The number of amides is 1. The Morgan fingerprint density at radius 3 is 2.58 bits per heavy atom. The van der Waals surface area contributed by atoms with E-state index >= 15 is 0 Å². The minimum atomic E-state index is -0.0187. The fraction of sp³-hybridized carbons (Fsp3) is 0.500. The number of rotatable bonds is 2. The lowest BCUT2D eigenvalue weighted by atomic mass is 9.90. The molecule has 5 heteroatoms. The van der Waals surface area contributed by atoms with Crippen LogP contribution in [0.1, 0.15) is 30.1 Å². The standard InChI is InChI=1S/C14H18Cl2N2O/c1-2-9-8-18(4-3-13(9)17)14(19)10-5-11(15)7-12(16)6-10/h5-7,9,13H,2-4,8,17H2,1H3. The predicted molar refractivity (Wildman–Crippen MR) is 78.7 cm³/mol. The second-order valence-corrected chi connectivity index (χ2v) is 5.90. The van der Waals surface area contributed by atoms with Crippen LogP contribution in [0.15, 0.2) is 18.2 Å². The SMILES string of the molecule is CCC1CN(C(=O)c2cc(Cl)cc(Cl)c2)CCC1N. The molecule has 1 aliphatic heterocycles. The summed E-state index contributed by atoms with van der Waals surface area (Å²) in [5.74, 6) is 0.349. The number of nitrogens with two attached hydrogens (primary N) is 1. The Labute approximate surface area is 123 Å². The molecule has 0 radical (unpaired) electrons. The second-order valence-electron chi connectivity index (χ2n) is 5.03. The molecule has 2 atom stereocenters. The predicted octanol–water partition coefficient (Wildman–Crippen LogP) is 3.19. The molecule has 0 aliphatic carbocycles. The number of carbonyl (C=O) groups excluding carboxylic acids is 1. The van der Waals surface area contributed by atoms with Crippen LogP contribution in [-0.4, -0.2) is 29.9 Å². The molecule has 0 aromatic heterocycles. The monoisotopic (exact) mass is 300 g/mol. The highest BCUT2D eigenvalue weighted by molar-refractivity contribution is 6.35. The van der Waals surface area contributed by atoms with Crippen LogP contribution in [0.25, 0.3) is 0 Å². The first-order valence-corrected chi connectivity index (χ1v) is 7.27. The van der Waals surface area contributed by atoms with Crippen molar-refractivity contribution < 1.29 is 4.79 Å². The molecule has 1 heterocycles.